The van der Waals surface area contributed by atoms with Crippen molar-refractivity contribution in [3.63, 3.8) is 0 Å². The Balaban J connectivity index is 2.56. The fourth-order valence-corrected chi connectivity index (χ4v) is 1.50. The SMILES string of the molecule is CC1CN(C(=N)C(C)(C)C)CCO1. The van der Waals surface area contributed by atoms with Gasteiger partial charge in [0, 0.05) is 18.5 Å². The highest BCUT2D eigenvalue weighted by Gasteiger charge is 2.26. The maximum atomic E-state index is 7.99. The van der Waals surface area contributed by atoms with Gasteiger partial charge < -0.3 is 9.64 Å². The van der Waals surface area contributed by atoms with Gasteiger partial charge in [-0.2, -0.15) is 0 Å². The van der Waals surface area contributed by atoms with Crippen molar-refractivity contribution >= 4 is 5.84 Å². The molecule has 3 heteroatoms. The smallest absolute Gasteiger partial charge is 0.101 e. The Kier molecular flexibility index (Phi) is 2.96. The standard InChI is InChI=1S/C10H20N2O/c1-8-7-12(5-6-13-8)9(11)10(2,3)4/h8,11H,5-7H2,1-4H3. The lowest BCUT2D eigenvalue weighted by molar-refractivity contribution is 0.00301. The van der Waals surface area contributed by atoms with Crippen LogP contribution >= 0.6 is 0 Å². The molecule has 1 aliphatic rings. The predicted octanol–water partition coefficient (Wildman–Crippen LogP) is 1.73. The van der Waals surface area contributed by atoms with E-state index in [-0.39, 0.29) is 11.5 Å². The zero-order valence-corrected chi connectivity index (χ0v) is 9.05. The molecule has 0 radical (unpaired) electrons. The third kappa shape index (κ3) is 2.69. The van der Waals surface area contributed by atoms with Crippen LogP contribution in [0.5, 0.6) is 0 Å². The molecule has 0 aliphatic carbocycles. The molecule has 0 aromatic rings. The van der Waals surface area contributed by atoms with Gasteiger partial charge in [0.1, 0.15) is 5.84 Å². The van der Waals surface area contributed by atoms with Crippen LogP contribution in [-0.4, -0.2) is 36.5 Å². The molecule has 1 rings (SSSR count). The van der Waals surface area contributed by atoms with Gasteiger partial charge in [-0.15, -0.1) is 0 Å². The summed E-state index contributed by atoms with van der Waals surface area (Å²) in [6.07, 6.45) is 0.261. The first-order chi connectivity index (χ1) is 5.91. The lowest BCUT2D eigenvalue weighted by Gasteiger charge is -2.37. The van der Waals surface area contributed by atoms with Crippen molar-refractivity contribution in [2.24, 2.45) is 5.41 Å². The summed E-state index contributed by atoms with van der Waals surface area (Å²) in [6.45, 7) is 10.8. The van der Waals surface area contributed by atoms with Crippen LogP contribution in [0.1, 0.15) is 27.7 Å². The molecule has 1 N–H and O–H groups in total. The van der Waals surface area contributed by atoms with Crippen LogP contribution in [-0.2, 0) is 4.74 Å². The van der Waals surface area contributed by atoms with E-state index < -0.39 is 0 Å². The third-order valence-corrected chi connectivity index (χ3v) is 2.27. The average molecular weight is 184 g/mol. The van der Waals surface area contributed by atoms with Crippen molar-refractivity contribution in [3.05, 3.63) is 0 Å². The molecule has 1 aliphatic heterocycles. The topological polar surface area (TPSA) is 36.3 Å². The third-order valence-electron chi connectivity index (χ3n) is 2.27. The average Bonchev–Trinajstić information content (AvgIpc) is 2.01. The fraction of sp³-hybridized carbons (Fsp3) is 0.900. The van der Waals surface area contributed by atoms with Crippen molar-refractivity contribution in [3.8, 4) is 0 Å². The minimum atomic E-state index is -0.0446. The van der Waals surface area contributed by atoms with Crippen molar-refractivity contribution in [1.29, 1.82) is 5.41 Å². The first-order valence-electron chi connectivity index (χ1n) is 4.87. The molecular weight excluding hydrogens is 164 g/mol. The lowest BCUT2D eigenvalue weighted by atomic mass is 9.93. The maximum Gasteiger partial charge on any atom is 0.101 e. The molecule has 13 heavy (non-hydrogen) atoms. The Morgan fingerprint density at radius 2 is 2.08 bits per heavy atom. The van der Waals surface area contributed by atoms with Gasteiger partial charge in [0.15, 0.2) is 0 Å². The first kappa shape index (κ1) is 10.5. The van der Waals surface area contributed by atoms with E-state index in [0.717, 1.165) is 25.5 Å². The molecule has 3 nitrogen and oxygen atoms in total. The fourth-order valence-electron chi connectivity index (χ4n) is 1.50. The molecule has 0 amide bonds. The molecule has 0 saturated carbocycles. The molecule has 1 heterocycles. The number of rotatable bonds is 0. The second-order valence-electron chi connectivity index (χ2n) is 4.73. The molecule has 0 aromatic carbocycles. The number of amidine groups is 1. The van der Waals surface area contributed by atoms with E-state index >= 15 is 0 Å². The van der Waals surface area contributed by atoms with Gasteiger partial charge in [-0.1, -0.05) is 20.8 Å². The van der Waals surface area contributed by atoms with Crippen molar-refractivity contribution in [2.75, 3.05) is 19.7 Å². The minimum Gasteiger partial charge on any atom is -0.375 e. The van der Waals surface area contributed by atoms with Crippen LogP contribution in [0.2, 0.25) is 0 Å². The summed E-state index contributed by atoms with van der Waals surface area (Å²) in [6, 6.07) is 0. The van der Waals surface area contributed by atoms with Gasteiger partial charge in [-0.3, -0.25) is 5.41 Å². The quantitative estimate of drug-likeness (QED) is 0.460. The van der Waals surface area contributed by atoms with Gasteiger partial charge >= 0.3 is 0 Å². The lowest BCUT2D eigenvalue weighted by Crippen LogP contribution is -2.48. The highest BCUT2D eigenvalue weighted by atomic mass is 16.5. The molecule has 1 fully saturated rings. The highest BCUT2D eigenvalue weighted by molar-refractivity contribution is 5.84. The first-order valence-corrected chi connectivity index (χ1v) is 4.87. The van der Waals surface area contributed by atoms with E-state index in [1.807, 2.05) is 0 Å². The van der Waals surface area contributed by atoms with Crippen LogP contribution < -0.4 is 0 Å². The molecule has 76 valence electrons. The van der Waals surface area contributed by atoms with Crippen molar-refractivity contribution < 1.29 is 4.74 Å². The van der Waals surface area contributed by atoms with Crippen molar-refractivity contribution in [1.82, 2.24) is 4.90 Å². The summed E-state index contributed by atoms with van der Waals surface area (Å²) in [7, 11) is 0. The second kappa shape index (κ2) is 3.66. The van der Waals surface area contributed by atoms with Crippen LogP contribution in [0.25, 0.3) is 0 Å². The van der Waals surface area contributed by atoms with Crippen molar-refractivity contribution in [2.45, 2.75) is 33.8 Å². The van der Waals surface area contributed by atoms with Gasteiger partial charge in [0.25, 0.3) is 0 Å². The number of morpholine rings is 1. The summed E-state index contributed by atoms with van der Waals surface area (Å²) in [5, 5.41) is 7.99. The van der Waals surface area contributed by atoms with E-state index in [1.54, 1.807) is 0 Å². The molecule has 1 saturated heterocycles. The number of ether oxygens (including phenoxy) is 1. The number of hydrogen-bond donors (Lipinski definition) is 1. The zero-order valence-electron chi connectivity index (χ0n) is 9.05. The van der Waals surface area contributed by atoms with E-state index in [0.29, 0.717) is 0 Å². The normalized spacial score (nSPS) is 24.6. The summed E-state index contributed by atoms with van der Waals surface area (Å²) in [4.78, 5) is 2.12. The van der Waals surface area contributed by atoms with E-state index in [4.69, 9.17) is 10.1 Å². The highest BCUT2D eigenvalue weighted by Crippen LogP contribution is 2.19. The molecule has 0 bridgehead atoms. The summed E-state index contributed by atoms with van der Waals surface area (Å²) in [5.74, 6) is 0.725. The molecule has 1 atom stereocenters. The number of nitrogens with zero attached hydrogens (tertiary/aromatic N) is 1. The largest absolute Gasteiger partial charge is 0.375 e. The van der Waals surface area contributed by atoms with Crippen LogP contribution in [0, 0.1) is 10.8 Å². The summed E-state index contributed by atoms with van der Waals surface area (Å²) < 4.78 is 5.43. The van der Waals surface area contributed by atoms with Gasteiger partial charge in [-0.05, 0) is 6.92 Å². The van der Waals surface area contributed by atoms with Crippen LogP contribution in [0.3, 0.4) is 0 Å². The Morgan fingerprint density at radius 1 is 1.46 bits per heavy atom. The van der Waals surface area contributed by atoms with Gasteiger partial charge in [0.2, 0.25) is 0 Å². The van der Waals surface area contributed by atoms with E-state index in [9.17, 15) is 0 Å². The van der Waals surface area contributed by atoms with Gasteiger partial charge in [-0.25, -0.2) is 0 Å². The summed E-state index contributed by atoms with van der Waals surface area (Å²) >= 11 is 0. The monoisotopic (exact) mass is 184 g/mol. The minimum absolute atomic E-state index is 0.0446. The molecule has 1 unspecified atom stereocenters. The predicted molar refractivity (Wildman–Crippen MR) is 54.2 cm³/mol. The maximum absolute atomic E-state index is 7.99. The van der Waals surface area contributed by atoms with E-state index in [1.165, 1.54) is 0 Å². The Hall–Kier alpha value is -0.570. The summed E-state index contributed by atoms with van der Waals surface area (Å²) in [5.41, 5.74) is -0.0446. The number of hydrogen-bond acceptors (Lipinski definition) is 2. The number of nitrogens with one attached hydrogen (secondary N) is 1. The Bertz CT molecular complexity index is 196. The van der Waals surface area contributed by atoms with Gasteiger partial charge in [0.05, 0.1) is 12.7 Å². The Labute approximate surface area is 80.6 Å². The molecule has 0 spiro atoms. The zero-order chi connectivity index (χ0) is 10.1. The Morgan fingerprint density at radius 3 is 2.54 bits per heavy atom. The molecule has 0 aromatic heterocycles. The van der Waals surface area contributed by atoms with E-state index in [2.05, 4.69) is 32.6 Å². The van der Waals surface area contributed by atoms with Crippen LogP contribution in [0.4, 0.5) is 0 Å². The van der Waals surface area contributed by atoms with Crippen LogP contribution in [0.15, 0.2) is 0 Å². The second-order valence-corrected chi connectivity index (χ2v) is 4.73. The molecular formula is C10H20N2O.